The molecule has 0 radical (unpaired) electrons. The molecular formula is C18H23N3O3. The number of aromatic amines is 1. The molecule has 0 spiro atoms. The third-order valence-corrected chi connectivity index (χ3v) is 5.14. The number of amides is 1. The molecule has 4 unspecified atom stereocenters. The molecule has 3 rings (SSSR count). The van der Waals surface area contributed by atoms with Crippen molar-refractivity contribution < 1.29 is 14.7 Å². The number of carboxylic acids is 1. The molecule has 24 heavy (non-hydrogen) atoms. The average Bonchev–Trinajstić information content (AvgIpc) is 2.93. The Morgan fingerprint density at radius 2 is 2.04 bits per heavy atom. The first-order valence-corrected chi connectivity index (χ1v) is 8.49. The molecule has 1 aromatic carbocycles. The first-order valence-electron chi connectivity index (χ1n) is 8.49. The van der Waals surface area contributed by atoms with E-state index in [0.29, 0.717) is 12.8 Å². The summed E-state index contributed by atoms with van der Waals surface area (Å²) in [4.78, 5) is 31.6. The van der Waals surface area contributed by atoms with Crippen LogP contribution in [-0.4, -0.2) is 27.0 Å². The van der Waals surface area contributed by atoms with E-state index < -0.39 is 17.8 Å². The van der Waals surface area contributed by atoms with Gasteiger partial charge < -0.3 is 15.4 Å². The molecule has 1 fully saturated rings. The lowest BCUT2D eigenvalue weighted by atomic mass is 9.73. The van der Waals surface area contributed by atoms with Crippen molar-refractivity contribution in [2.45, 2.75) is 39.2 Å². The largest absolute Gasteiger partial charge is 0.481 e. The van der Waals surface area contributed by atoms with E-state index in [0.717, 1.165) is 23.3 Å². The number of benzene rings is 1. The fourth-order valence-electron chi connectivity index (χ4n) is 3.21. The summed E-state index contributed by atoms with van der Waals surface area (Å²) in [6.07, 6.45) is 2.09. The number of aliphatic carboxylic acids is 1. The molecule has 2 aromatic rings. The summed E-state index contributed by atoms with van der Waals surface area (Å²) in [6, 6.07) is 7.50. The van der Waals surface area contributed by atoms with Crippen LogP contribution in [0, 0.1) is 17.8 Å². The number of carbonyl (C=O) groups is 2. The highest BCUT2D eigenvalue weighted by atomic mass is 16.4. The molecule has 128 valence electrons. The molecule has 4 atom stereocenters. The van der Waals surface area contributed by atoms with Crippen LogP contribution in [0.25, 0.3) is 11.0 Å². The quantitative estimate of drug-likeness (QED) is 0.759. The van der Waals surface area contributed by atoms with E-state index in [9.17, 15) is 9.59 Å². The molecule has 0 saturated heterocycles. The first-order chi connectivity index (χ1) is 11.5. The Kier molecular flexibility index (Phi) is 4.55. The molecule has 3 N–H and O–H groups in total. The molecule has 1 aromatic heterocycles. The second-order valence-corrected chi connectivity index (χ2v) is 6.64. The van der Waals surface area contributed by atoms with Crippen molar-refractivity contribution in [3.05, 3.63) is 30.1 Å². The maximum Gasteiger partial charge on any atom is 0.307 e. The van der Waals surface area contributed by atoms with Crippen LogP contribution in [0.1, 0.15) is 45.0 Å². The number of aromatic nitrogens is 2. The lowest BCUT2D eigenvalue weighted by molar-refractivity contribution is -0.153. The number of imidazole rings is 1. The zero-order valence-electron chi connectivity index (χ0n) is 14.0. The summed E-state index contributed by atoms with van der Waals surface area (Å²) in [5.74, 6) is -1.13. The number of nitrogens with zero attached hydrogens (tertiary/aromatic N) is 1. The van der Waals surface area contributed by atoms with Crippen molar-refractivity contribution >= 4 is 22.9 Å². The van der Waals surface area contributed by atoms with Gasteiger partial charge in [-0.3, -0.25) is 9.59 Å². The second kappa shape index (κ2) is 6.63. The third kappa shape index (κ3) is 3.00. The highest BCUT2D eigenvalue weighted by Crippen LogP contribution is 2.35. The van der Waals surface area contributed by atoms with E-state index in [2.05, 4.69) is 29.1 Å². The van der Waals surface area contributed by atoms with Crippen molar-refractivity contribution in [2.24, 2.45) is 17.8 Å². The molecular weight excluding hydrogens is 306 g/mol. The minimum atomic E-state index is -0.884. The van der Waals surface area contributed by atoms with E-state index in [-0.39, 0.29) is 17.9 Å². The van der Waals surface area contributed by atoms with Crippen LogP contribution in [0.4, 0.5) is 0 Å². The SMILES string of the molecule is CCC(C)C(NC(=O)C1CCC1C(=O)O)c1nc2ccccc2[nH]1. The minimum Gasteiger partial charge on any atom is -0.481 e. The van der Waals surface area contributed by atoms with Crippen LogP contribution in [0.2, 0.25) is 0 Å². The fraction of sp³-hybridized carbons (Fsp3) is 0.500. The molecule has 0 aliphatic heterocycles. The van der Waals surface area contributed by atoms with Gasteiger partial charge >= 0.3 is 5.97 Å². The van der Waals surface area contributed by atoms with Gasteiger partial charge in [0.1, 0.15) is 5.82 Å². The van der Waals surface area contributed by atoms with Gasteiger partial charge in [-0.25, -0.2) is 4.98 Å². The predicted molar refractivity (Wildman–Crippen MR) is 90.3 cm³/mol. The van der Waals surface area contributed by atoms with E-state index in [1.807, 2.05) is 24.3 Å². The number of carboxylic acid groups (broad SMARTS) is 1. The maximum atomic E-state index is 12.5. The normalized spacial score (nSPS) is 22.6. The molecule has 6 nitrogen and oxygen atoms in total. The van der Waals surface area contributed by atoms with Crippen molar-refractivity contribution in [3.63, 3.8) is 0 Å². The number of para-hydroxylation sites is 2. The van der Waals surface area contributed by atoms with Crippen molar-refractivity contribution in [1.82, 2.24) is 15.3 Å². The van der Waals surface area contributed by atoms with Crippen molar-refractivity contribution in [2.75, 3.05) is 0 Å². The molecule has 0 bridgehead atoms. The number of hydrogen-bond acceptors (Lipinski definition) is 3. The van der Waals surface area contributed by atoms with Crippen LogP contribution in [0.5, 0.6) is 0 Å². The summed E-state index contributed by atoms with van der Waals surface area (Å²) in [6.45, 7) is 4.13. The lowest BCUT2D eigenvalue weighted by Gasteiger charge is -2.34. The number of carbonyl (C=O) groups excluding carboxylic acids is 1. The van der Waals surface area contributed by atoms with Crippen molar-refractivity contribution in [1.29, 1.82) is 0 Å². The van der Waals surface area contributed by atoms with Crippen LogP contribution in [0.3, 0.4) is 0 Å². The van der Waals surface area contributed by atoms with Gasteiger partial charge in [0.15, 0.2) is 0 Å². The van der Waals surface area contributed by atoms with Gasteiger partial charge in [0, 0.05) is 0 Å². The van der Waals surface area contributed by atoms with Crippen molar-refractivity contribution in [3.8, 4) is 0 Å². The number of nitrogens with one attached hydrogen (secondary N) is 2. The number of rotatable bonds is 6. The zero-order chi connectivity index (χ0) is 17.3. The number of hydrogen-bond donors (Lipinski definition) is 3. The summed E-state index contributed by atoms with van der Waals surface area (Å²) in [7, 11) is 0. The Bertz CT molecular complexity index is 722. The summed E-state index contributed by atoms with van der Waals surface area (Å²) < 4.78 is 0. The van der Waals surface area contributed by atoms with Gasteiger partial charge in [-0.2, -0.15) is 0 Å². The molecule has 1 saturated carbocycles. The lowest BCUT2D eigenvalue weighted by Crippen LogP contribution is -2.46. The second-order valence-electron chi connectivity index (χ2n) is 6.64. The van der Waals surface area contributed by atoms with Crippen LogP contribution in [0.15, 0.2) is 24.3 Å². The van der Waals surface area contributed by atoms with Gasteiger partial charge in [0.05, 0.1) is 28.9 Å². The van der Waals surface area contributed by atoms with Gasteiger partial charge in [-0.05, 0) is 30.9 Å². The average molecular weight is 329 g/mol. The smallest absolute Gasteiger partial charge is 0.307 e. The third-order valence-electron chi connectivity index (χ3n) is 5.14. The van der Waals surface area contributed by atoms with E-state index >= 15 is 0 Å². The van der Waals surface area contributed by atoms with Crippen LogP contribution in [-0.2, 0) is 9.59 Å². The van der Waals surface area contributed by atoms with Crippen LogP contribution < -0.4 is 5.32 Å². The van der Waals surface area contributed by atoms with Gasteiger partial charge in [-0.1, -0.05) is 32.4 Å². The Balaban J connectivity index is 1.82. The van der Waals surface area contributed by atoms with E-state index in [1.54, 1.807) is 0 Å². The fourth-order valence-corrected chi connectivity index (χ4v) is 3.21. The molecule has 1 aliphatic carbocycles. The highest BCUT2D eigenvalue weighted by Gasteiger charge is 2.42. The number of fused-ring (bicyclic) bond motifs is 1. The van der Waals surface area contributed by atoms with Crippen LogP contribution >= 0.6 is 0 Å². The Morgan fingerprint density at radius 3 is 2.62 bits per heavy atom. The highest BCUT2D eigenvalue weighted by molar-refractivity contribution is 5.86. The van der Waals surface area contributed by atoms with Gasteiger partial charge in [0.25, 0.3) is 0 Å². The predicted octanol–water partition coefficient (Wildman–Crippen LogP) is 2.88. The maximum absolute atomic E-state index is 12.5. The van der Waals surface area contributed by atoms with Gasteiger partial charge in [-0.15, -0.1) is 0 Å². The zero-order valence-corrected chi connectivity index (χ0v) is 14.0. The Morgan fingerprint density at radius 1 is 1.33 bits per heavy atom. The molecule has 1 aliphatic rings. The minimum absolute atomic E-state index is 0.181. The Hall–Kier alpha value is -2.37. The number of H-pyrrole nitrogens is 1. The molecule has 1 amide bonds. The topological polar surface area (TPSA) is 95.1 Å². The molecule has 6 heteroatoms. The summed E-state index contributed by atoms with van der Waals surface area (Å²) in [5.41, 5.74) is 1.80. The summed E-state index contributed by atoms with van der Waals surface area (Å²) >= 11 is 0. The van der Waals surface area contributed by atoms with Gasteiger partial charge in [0.2, 0.25) is 5.91 Å². The first kappa shape index (κ1) is 16.5. The standard InChI is InChI=1S/C18H23N3O3/c1-3-10(2)15(16-19-13-6-4-5-7-14(13)20-16)21-17(22)11-8-9-12(11)18(23)24/h4-7,10-12,15H,3,8-9H2,1-2H3,(H,19,20)(H,21,22)(H,23,24). The van der Waals surface area contributed by atoms with E-state index in [1.165, 1.54) is 0 Å². The molecule has 1 heterocycles. The monoisotopic (exact) mass is 329 g/mol. The summed E-state index contributed by atoms with van der Waals surface area (Å²) in [5, 5.41) is 12.2. The van der Waals surface area contributed by atoms with E-state index in [4.69, 9.17) is 5.11 Å². The Labute approximate surface area is 140 Å².